The Balaban J connectivity index is 2.13. The van der Waals surface area contributed by atoms with Gasteiger partial charge < -0.3 is 9.47 Å². The zero-order valence-corrected chi connectivity index (χ0v) is 12.7. The molecule has 0 amide bonds. The molecular weight excluding hydrogens is 298 g/mol. The first-order valence-electron chi connectivity index (χ1n) is 7.06. The SMILES string of the molecule is CCOC(=O)c1c[nH]n2c(=O)cc(-c3ccc(OC)cc3)nc12. The van der Waals surface area contributed by atoms with E-state index in [4.69, 9.17) is 9.47 Å². The minimum atomic E-state index is -0.523. The summed E-state index contributed by atoms with van der Waals surface area (Å²) in [5, 5.41) is 2.71. The average Bonchev–Trinajstić information content (AvgIpc) is 3.00. The van der Waals surface area contributed by atoms with Crippen molar-refractivity contribution in [2.24, 2.45) is 0 Å². The Kier molecular flexibility index (Phi) is 3.84. The number of H-pyrrole nitrogens is 1. The molecule has 7 nitrogen and oxygen atoms in total. The number of rotatable bonds is 4. The fourth-order valence-corrected chi connectivity index (χ4v) is 2.25. The van der Waals surface area contributed by atoms with E-state index in [1.54, 1.807) is 38.3 Å². The van der Waals surface area contributed by atoms with Crippen molar-refractivity contribution in [3.63, 3.8) is 0 Å². The highest BCUT2D eigenvalue weighted by Crippen LogP contribution is 2.21. The number of fused-ring (bicyclic) bond motifs is 1. The average molecular weight is 313 g/mol. The molecule has 7 heteroatoms. The van der Waals surface area contributed by atoms with Crippen molar-refractivity contribution in [2.75, 3.05) is 13.7 Å². The molecule has 0 saturated heterocycles. The fraction of sp³-hybridized carbons (Fsp3) is 0.188. The van der Waals surface area contributed by atoms with E-state index in [0.29, 0.717) is 11.4 Å². The van der Waals surface area contributed by atoms with Gasteiger partial charge in [0.1, 0.15) is 11.3 Å². The first kappa shape index (κ1) is 14.8. The number of ether oxygens (including phenoxy) is 2. The highest BCUT2D eigenvalue weighted by molar-refractivity contribution is 5.95. The quantitative estimate of drug-likeness (QED) is 0.743. The van der Waals surface area contributed by atoms with Gasteiger partial charge in [-0.15, -0.1) is 0 Å². The van der Waals surface area contributed by atoms with Crippen LogP contribution in [0, 0.1) is 0 Å². The van der Waals surface area contributed by atoms with Gasteiger partial charge in [-0.05, 0) is 31.2 Å². The molecule has 1 N–H and O–H groups in total. The minimum Gasteiger partial charge on any atom is -0.497 e. The van der Waals surface area contributed by atoms with Gasteiger partial charge in [-0.3, -0.25) is 9.89 Å². The van der Waals surface area contributed by atoms with Crippen LogP contribution in [0.1, 0.15) is 17.3 Å². The normalized spacial score (nSPS) is 10.7. The van der Waals surface area contributed by atoms with Crippen LogP contribution in [0.3, 0.4) is 0 Å². The van der Waals surface area contributed by atoms with Gasteiger partial charge >= 0.3 is 5.97 Å². The first-order valence-corrected chi connectivity index (χ1v) is 7.06. The molecule has 1 aromatic carbocycles. The number of esters is 1. The summed E-state index contributed by atoms with van der Waals surface area (Å²) in [5.74, 6) is 0.186. The maximum Gasteiger partial charge on any atom is 0.343 e. The van der Waals surface area contributed by atoms with Crippen molar-refractivity contribution in [3.8, 4) is 17.0 Å². The van der Waals surface area contributed by atoms with Crippen LogP contribution < -0.4 is 10.3 Å². The second-order valence-electron chi connectivity index (χ2n) is 4.77. The fourth-order valence-electron chi connectivity index (χ4n) is 2.25. The van der Waals surface area contributed by atoms with Crippen molar-refractivity contribution in [1.29, 1.82) is 0 Å². The van der Waals surface area contributed by atoms with E-state index in [9.17, 15) is 9.59 Å². The lowest BCUT2D eigenvalue weighted by Crippen LogP contribution is -2.15. The lowest BCUT2D eigenvalue weighted by molar-refractivity contribution is 0.0528. The van der Waals surface area contributed by atoms with Crippen LogP contribution in [-0.2, 0) is 4.74 Å². The predicted octanol–water partition coefficient (Wildman–Crippen LogP) is 1.87. The molecule has 0 unspecified atom stereocenters. The van der Waals surface area contributed by atoms with Gasteiger partial charge in [-0.1, -0.05) is 0 Å². The first-order chi connectivity index (χ1) is 11.1. The molecule has 0 aliphatic rings. The lowest BCUT2D eigenvalue weighted by Gasteiger charge is -2.04. The Hall–Kier alpha value is -3.09. The molecule has 23 heavy (non-hydrogen) atoms. The van der Waals surface area contributed by atoms with Crippen LogP contribution in [0.5, 0.6) is 5.75 Å². The van der Waals surface area contributed by atoms with E-state index in [0.717, 1.165) is 5.56 Å². The van der Waals surface area contributed by atoms with Gasteiger partial charge in [-0.25, -0.2) is 14.3 Å². The summed E-state index contributed by atoms with van der Waals surface area (Å²) >= 11 is 0. The van der Waals surface area contributed by atoms with E-state index >= 15 is 0 Å². The molecule has 0 aliphatic heterocycles. The number of hydrogen-bond acceptors (Lipinski definition) is 5. The summed E-state index contributed by atoms with van der Waals surface area (Å²) in [6.45, 7) is 1.97. The third-order valence-corrected chi connectivity index (χ3v) is 3.38. The molecule has 0 atom stereocenters. The van der Waals surface area contributed by atoms with Crippen LogP contribution in [0.4, 0.5) is 0 Å². The largest absolute Gasteiger partial charge is 0.497 e. The molecular formula is C16H15N3O4. The third-order valence-electron chi connectivity index (χ3n) is 3.38. The molecule has 118 valence electrons. The molecule has 0 fully saturated rings. The Morgan fingerprint density at radius 2 is 2.04 bits per heavy atom. The maximum atomic E-state index is 12.2. The zero-order valence-electron chi connectivity index (χ0n) is 12.7. The Bertz CT molecular complexity index is 909. The van der Waals surface area contributed by atoms with Gasteiger partial charge in [0.25, 0.3) is 5.56 Å². The number of nitrogens with one attached hydrogen (secondary N) is 1. The Labute approximate surface area is 131 Å². The standard InChI is InChI=1S/C16H15N3O4/c1-3-23-16(21)12-9-17-19-14(20)8-13(18-15(12)19)10-4-6-11(22-2)7-5-10/h4-9,17H,3H2,1-2H3. The molecule has 0 saturated carbocycles. The summed E-state index contributed by atoms with van der Waals surface area (Å²) in [7, 11) is 1.58. The van der Waals surface area contributed by atoms with E-state index in [2.05, 4.69) is 10.1 Å². The molecule has 3 rings (SSSR count). The highest BCUT2D eigenvalue weighted by atomic mass is 16.5. The van der Waals surface area contributed by atoms with Crippen LogP contribution >= 0.6 is 0 Å². The van der Waals surface area contributed by atoms with Crippen molar-refractivity contribution in [1.82, 2.24) is 14.6 Å². The smallest absolute Gasteiger partial charge is 0.343 e. The number of hydrogen-bond donors (Lipinski definition) is 1. The number of carbonyl (C=O) groups excluding carboxylic acids is 1. The molecule has 0 aliphatic carbocycles. The zero-order chi connectivity index (χ0) is 16.4. The van der Waals surface area contributed by atoms with E-state index in [1.165, 1.54) is 16.8 Å². The van der Waals surface area contributed by atoms with E-state index in [1.807, 2.05) is 0 Å². The van der Waals surface area contributed by atoms with Crippen LogP contribution in [0.25, 0.3) is 16.9 Å². The molecule has 0 radical (unpaired) electrons. The molecule has 2 aromatic heterocycles. The lowest BCUT2D eigenvalue weighted by atomic mass is 10.1. The Morgan fingerprint density at radius 1 is 1.30 bits per heavy atom. The minimum absolute atomic E-state index is 0.222. The van der Waals surface area contributed by atoms with Crippen LogP contribution in [0.2, 0.25) is 0 Å². The monoisotopic (exact) mass is 313 g/mol. The third kappa shape index (κ3) is 2.68. The summed E-state index contributed by atoms with van der Waals surface area (Å²) in [5.41, 5.74) is 1.38. The number of aromatic amines is 1. The summed E-state index contributed by atoms with van der Waals surface area (Å²) in [6, 6.07) is 8.56. The van der Waals surface area contributed by atoms with Gasteiger partial charge in [0.05, 0.1) is 19.4 Å². The number of carbonyl (C=O) groups is 1. The van der Waals surface area contributed by atoms with E-state index in [-0.39, 0.29) is 23.4 Å². The number of benzene rings is 1. The second kappa shape index (κ2) is 5.96. The number of nitrogens with zero attached hydrogens (tertiary/aromatic N) is 2. The number of aromatic nitrogens is 3. The van der Waals surface area contributed by atoms with Gasteiger partial charge in [0, 0.05) is 17.8 Å². The van der Waals surface area contributed by atoms with Crippen molar-refractivity contribution in [3.05, 3.63) is 52.4 Å². The van der Waals surface area contributed by atoms with Gasteiger partial charge in [-0.2, -0.15) is 0 Å². The second-order valence-corrected chi connectivity index (χ2v) is 4.77. The molecule has 2 heterocycles. The van der Waals surface area contributed by atoms with Gasteiger partial charge in [0.2, 0.25) is 0 Å². The van der Waals surface area contributed by atoms with E-state index < -0.39 is 5.97 Å². The Morgan fingerprint density at radius 3 is 2.70 bits per heavy atom. The summed E-state index contributed by atoms with van der Waals surface area (Å²) in [6.07, 6.45) is 1.42. The molecule has 3 aromatic rings. The maximum absolute atomic E-state index is 12.2. The summed E-state index contributed by atoms with van der Waals surface area (Å²) < 4.78 is 11.3. The van der Waals surface area contributed by atoms with Crippen molar-refractivity contribution >= 4 is 11.6 Å². The predicted molar refractivity (Wildman–Crippen MR) is 83.8 cm³/mol. The van der Waals surface area contributed by atoms with Crippen LogP contribution in [0.15, 0.2) is 41.3 Å². The van der Waals surface area contributed by atoms with Crippen molar-refractivity contribution in [2.45, 2.75) is 6.92 Å². The molecule has 0 bridgehead atoms. The van der Waals surface area contributed by atoms with Crippen LogP contribution in [-0.4, -0.2) is 34.3 Å². The van der Waals surface area contributed by atoms with Gasteiger partial charge in [0.15, 0.2) is 5.65 Å². The topological polar surface area (TPSA) is 85.7 Å². The van der Waals surface area contributed by atoms with Crippen molar-refractivity contribution < 1.29 is 14.3 Å². The number of methoxy groups -OCH3 is 1. The highest BCUT2D eigenvalue weighted by Gasteiger charge is 2.17. The summed E-state index contributed by atoms with van der Waals surface area (Å²) in [4.78, 5) is 28.6. The molecule has 0 spiro atoms.